The SMILES string of the molecule is O=[N+]([O-])c1cnc(Oc2ccc(C(F)(F)F)cc2)c(Br)c1. The molecule has 1 aromatic heterocycles. The zero-order chi connectivity index (χ0) is 15.6. The smallest absolute Gasteiger partial charge is 0.416 e. The predicted molar refractivity (Wildman–Crippen MR) is 70.1 cm³/mol. The van der Waals surface area contributed by atoms with Gasteiger partial charge < -0.3 is 4.74 Å². The molecule has 0 amide bonds. The van der Waals surface area contributed by atoms with Crippen molar-refractivity contribution in [3.8, 4) is 11.6 Å². The minimum atomic E-state index is -4.43. The van der Waals surface area contributed by atoms with Crippen LogP contribution in [0.15, 0.2) is 41.0 Å². The number of pyridine rings is 1. The van der Waals surface area contributed by atoms with Gasteiger partial charge in [-0.2, -0.15) is 13.2 Å². The molecule has 0 N–H and O–H groups in total. The summed E-state index contributed by atoms with van der Waals surface area (Å²) in [6, 6.07) is 5.20. The molecule has 0 unspecified atom stereocenters. The topological polar surface area (TPSA) is 65.3 Å². The van der Waals surface area contributed by atoms with Crippen molar-refractivity contribution in [1.29, 1.82) is 0 Å². The van der Waals surface area contributed by atoms with Crippen LogP contribution in [-0.4, -0.2) is 9.91 Å². The van der Waals surface area contributed by atoms with E-state index >= 15 is 0 Å². The summed E-state index contributed by atoms with van der Waals surface area (Å²) in [6.45, 7) is 0. The first-order valence-electron chi connectivity index (χ1n) is 5.42. The molecule has 9 heteroatoms. The molecule has 2 aromatic rings. The van der Waals surface area contributed by atoms with Gasteiger partial charge in [-0.05, 0) is 40.2 Å². The molecule has 0 aliphatic heterocycles. The summed E-state index contributed by atoms with van der Waals surface area (Å²) in [5.41, 5.74) is -1.03. The van der Waals surface area contributed by atoms with Crippen LogP contribution in [0.4, 0.5) is 18.9 Å². The number of nitrogens with zero attached hydrogens (tertiary/aromatic N) is 2. The van der Waals surface area contributed by atoms with Gasteiger partial charge in [0, 0.05) is 6.07 Å². The molecule has 0 saturated carbocycles. The van der Waals surface area contributed by atoms with Crippen LogP contribution < -0.4 is 4.74 Å². The average Bonchev–Trinajstić information content (AvgIpc) is 2.40. The van der Waals surface area contributed by atoms with Crippen LogP contribution in [0.3, 0.4) is 0 Å². The van der Waals surface area contributed by atoms with E-state index in [4.69, 9.17) is 4.74 Å². The number of aromatic nitrogens is 1. The third kappa shape index (κ3) is 3.69. The lowest BCUT2D eigenvalue weighted by atomic mass is 10.2. The van der Waals surface area contributed by atoms with Crippen molar-refractivity contribution < 1.29 is 22.8 Å². The Morgan fingerprint density at radius 3 is 2.33 bits per heavy atom. The lowest BCUT2D eigenvalue weighted by Crippen LogP contribution is -2.04. The first-order valence-corrected chi connectivity index (χ1v) is 6.22. The van der Waals surface area contributed by atoms with E-state index in [0.717, 1.165) is 30.5 Å². The molecule has 21 heavy (non-hydrogen) atoms. The number of halogens is 4. The van der Waals surface area contributed by atoms with E-state index in [0.29, 0.717) is 0 Å². The third-order valence-corrected chi connectivity index (χ3v) is 2.97. The molecule has 1 aromatic carbocycles. The highest BCUT2D eigenvalue weighted by atomic mass is 79.9. The Labute approximate surface area is 124 Å². The second kappa shape index (κ2) is 5.68. The number of ether oxygens (including phenoxy) is 1. The fraction of sp³-hybridized carbons (Fsp3) is 0.0833. The van der Waals surface area contributed by atoms with Crippen LogP contribution in [0.2, 0.25) is 0 Å². The predicted octanol–water partition coefficient (Wildman–Crippen LogP) is 4.56. The van der Waals surface area contributed by atoms with Gasteiger partial charge in [0.05, 0.1) is 15.0 Å². The Kier molecular flexibility index (Phi) is 4.12. The number of benzene rings is 1. The van der Waals surface area contributed by atoms with E-state index in [1.807, 2.05) is 0 Å². The van der Waals surface area contributed by atoms with E-state index in [2.05, 4.69) is 20.9 Å². The summed E-state index contributed by atoms with van der Waals surface area (Å²) >= 11 is 3.05. The molecular weight excluding hydrogens is 357 g/mol. The fourth-order valence-corrected chi connectivity index (χ4v) is 1.83. The molecule has 0 aliphatic carbocycles. The van der Waals surface area contributed by atoms with Gasteiger partial charge in [0.25, 0.3) is 5.69 Å². The molecule has 0 aliphatic rings. The normalized spacial score (nSPS) is 11.2. The van der Waals surface area contributed by atoms with Crippen molar-refractivity contribution in [2.75, 3.05) is 0 Å². The van der Waals surface area contributed by atoms with E-state index < -0.39 is 16.7 Å². The van der Waals surface area contributed by atoms with Gasteiger partial charge in [-0.1, -0.05) is 0 Å². The highest BCUT2D eigenvalue weighted by molar-refractivity contribution is 9.10. The highest BCUT2D eigenvalue weighted by Crippen LogP contribution is 2.33. The molecule has 5 nitrogen and oxygen atoms in total. The maximum atomic E-state index is 12.4. The van der Waals surface area contributed by atoms with Crippen molar-refractivity contribution in [2.45, 2.75) is 6.18 Å². The van der Waals surface area contributed by atoms with Gasteiger partial charge in [-0.3, -0.25) is 10.1 Å². The van der Waals surface area contributed by atoms with Gasteiger partial charge in [0.2, 0.25) is 5.88 Å². The van der Waals surface area contributed by atoms with Gasteiger partial charge in [0.1, 0.15) is 11.9 Å². The van der Waals surface area contributed by atoms with Gasteiger partial charge in [-0.25, -0.2) is 4.98 Å². The standard InChI is InChI=1S/C12H6BrF3N2O3/c13-10-5-8(18(19)20)6-17-11(10)21-9-3-1-7(2-4-9)12(14,15)16/h1-6H. The van der Waals surface area contributed by atoms with Crippen LogP contribution in [0, 0.1) is 10.1 Å². The monoisotopic (exact) mass is 362 g/mol. The summed E-state index contributed by atoms with van der Waals surface area (Å²) in [5.74, 6) is 0.144. The van der Waals surface area contributed by atoms with E-state index in [9.17, 15) is 23.3 Å². The molecule has 0 radical (unpaired) electrons. The molecule has 0 spiro atoms. The van der Waals surface area contributed by atoms with Crippen LogP contribution in [-0.2, 0) is 6.18 Å². The summed E-state index contributed by atoms with van der Waals surface area (Å²) in [7, 11) is 0. The van der Waals surface area contributed by atoms with Gasteiger partial charge >= 0.3 is 6.18 Å². The highest BCUT2D eigenvalue weighted by Gasteiger charge is 2.30. The molecule has 2 rings (SSSR count). The average molecular weight is 363 g/mol. The van der Waals surface area contributed by atoms with Crippen molar-refractivity contribution in [3.05, 3.63) is 56.7 Å². The maximum absolute atomic E-state index is 12.4. The van der Waals surface area contributed by atoms with E-state index in [1.165, 1.54) is 6.07 Å². The lowest BCUT2D eigenvalue weighted by Gasteiger charge is -2.09. The number of nitro groups is 1. The Morgan fingerprint density at radius 1 is 1.24 bits per heavy atom. The fourth-order valence-electron chi connectivity index (χ4n) is 1.41. The van der Waals surface area contributed by atoms with Crippen molar-refractivity contribution in [2.24, 2.45) is 0 Å². The molecule has 110 valence electrons. The minimum absolute atomic E-state index is 0.0142. The Balaban J connectivity index is 2.20. The number of rotatable bonds is 3. The van der Waals surface area contributed by atoms with Gasteiger partial charge in [-0.15, -0.1) is 0 Å². The summed E-state index contributed by atoms with van der Waals surface area (Å²) in [6.07, 6.45) is -3.44. The Hall–Kier alpha value is -2.16. The van der Waals surface area contributed by atoms with Crippen LogP contribution in [0.5, 0.6) is 11.6 Å². The first-order chi connectivity index (χ1) is 9.77. The maximum Gasteiger partial charge on any atom is 0.416 e. The number of hydrogen-bond acceptors (Lipinski definition) is 4. The molecule has 1 heterocycles. The summed E-state index contributed by atoms with van der Waals surface area (Å²) < 4.78 is 42.7. The van der Waals surface area contributed by atoms with Crippen LogP contribution in [0.25, 0.3) is 0 Å². The third-order valence-electron chi connectivity index (χ3n) is 2.40. The van der Waals surface area contributed by atoms with Crippen molar-refractivity contribution in [1.82, 2.24) is 4.98 Å². The molecule has 0 atom stereocenters. The summed E-state index contributed by atoms with van der Waals surface area (Å²) in [4.78, 5) is 13.7. The van der Waals surface area contributed by atoms with E-state index in [-0.39, 0.29) is 21.8 Å². The zero-order valence-electron chi connectivity index (χ0n) is 10.1. The molecule has 0 bridgehead atoms. The second-order valence-corrected chi connectivity index (χ2v) is 4.72. The van der Waals surface area contributed by atoms with E-state index in [1.54, 1.807) is 0 Å². The number of alkyl halides is 3. The van der Waals surface area contributed by atoms with Crippen molar-refractivity contribution >= 4 is 21.6 Å². The van der Waals surface area contributed by atoms with Gasteiger partial charge in [0.15, 0.2) is 0 Å². The van der Waals surface area contributed by atoms with Crippen molar-refractivity contribution in [3.63, 3.8) is 0 Å². The lowest BCUT2D eigenvalue weighted by molar-refractivity contribution is -0.385. The van der Waals surface area contributed by atoms with Crippen LogP contribution >= 0.6 is 15.9 Å². The second-order valence-electron chi connectivity index (χ2n) is 3.86. The van der Waals surface area contributed by atoms with Crippen LogP contribution in [0.1, 0.15) is 5.56 Å². The summed E-state index contributed by atoms with van der Waals surface area (Å²) in [5, 5.41) is 10.6. The largest absolute Gasteiger partial charge is 0.438 e. The Morgan fingerprint density at radius 2 is 1.86 bits per heavy atom. The first kappa shape index (κ1) is 15.2. The molecular formula is C12H6BrF3N2O3. The zero-order valence-corrected chi connectivity index (χ0v) is 11.7. The molecule has 0 fully saturated rings. The Bertz CT molecular complexity index is 674. The number of hydrogen-bond donors (Lipinski definition) is 0. The quantitative estimate of drug-likeness (QED) is 0.592. The minimum Gasteiger partial charge on any atom is -0.438 e. The molecule has 0 saturated heterocycles.